The van der Waals surface area contributed by atoms with Gasteiger partial charge in [-0.2, -0.15) is 0 Å². The van der Waals surface area contributed by atoms with Gasteiger partial charge in [-0.05, 0) is 36.7 Å². The minimum atomic E-state index is 0.234. The minimum absolute atomic E-state index is 0.234. The van der Waals surface area contributed by atoms with Crippen LogP contribution in [0, 0.1) is 0 Å². The van der Waals surface area contributed by atoms with Crippen LogP contribution >= 0.6 is 0 Å². The highest BCUT2D eigenvalue weighted by molar-refractivity contribution is 5.82. The molecule has 3 rings (SSSR count). The lowest BCUT2D eigenvalue weighted by Gasteiger charge is -2.18. The second kappa shape index (κ2) is 5.80. The second-order valence-electron chi connectivity index (χ2n) is 4.83. The minimum Gasteiger partial charge on any atom is -0.313 e. The summed E-state index contributed by atoms with van der Waals surface area (Å²) >= 11 is 0. The van der Waals surface area contributed by atoms with Gasteiger partial charge in [0.2, 0.25) is 0 Å². The van der Waals surface area contributed by atoms with Crippen LogP contribution in [0.15, 0.2) is 61.1 Å². The van der Waals surface area contributed by atoms with E-state index in [4.69, 9.17) is 0 Å². The van der Waals surface area contributed by atoms with Crippen LogP contribution in [0.5, 0.6) is 0 Å². The molecule has 0 aliphatic carbocycles. The maximum absolute atomic E-state index is 4.54. The van der Waals surface area contributed by atoms with E-state index >= 15 is 0 Å². The normalized spacial score (nSPS) is 12.4. The first kappa shape index (κ1) is 12.8. The highest BCUT2D eigenvalue weighted by Crippen LogP contribution is 2.24. The Balaban J connectivity index is 1.99. The van der Waals surface area contributed by atoms with Gasteiger partial charge in [0.15, 0.2) is 0 Å². The molecular weight excluding hydrogens is 246 g/mol. The number of likely N-dealkylation sites (N-methyl/N-ethyl adjacent to an activating group) is 1. The average Bonchev–Trinajstić information content (AvgIpc) is 2.53. The number of rotatable bonds is 4. The van der Waals surface area contributed by atoms with Crippen molar-refractivity contribution in [3.8, 4) is 0 Å². The summed E-state index contributed by atoms with van der Waals surface area (Å²) in [6, 6.07) is 14.7. The zero-order valence-electron chi connectivity index (χ0n) is 11.5. The Morgan fingerprint density at radius 1 is 1.05 bits per heavy atom. The van der Waals surface area contributed by atoms with E-state index in [1.165, 1.54) is 16.5 Å². The first-order valence-corrected chi connectivity index (χ1v) is 6.78. The monoisotopic (exact) mass is 263 g/mol. The summed E-state index contributed by atoms with van der Waals surface area (Å²) in [5.41, 5.74) is 3.52. The van der Waals surface area contributed by atoms with E-state index in [9.17, 15) is 0 Å². The molecule has 2 aromatic heterocycles. The van der Waals surface area contributed by atoms with Crippen molar-refractivity contribution in [1.29, 1.82) is 0 Å². The van der Waals surface area contributed by atoms with Crippen LogP contribution in [0.4, 0.5) is 0 Å². The van der Waals surface area contributed by atoms with Crippen molar-refractivity contribution < 1.29 is 0 Å². The van der Waals surface area contributed by atoms with Crippen molar-refractivity contribution in [1.82, 2.24) is 15.3 Å². The summed E-state index contributed by atoms with van der Waals surface area (Å²) in [5, 5.41) is 4.57. The van der Waals surface area contributed by atoms with E-state index < -0.39 is 0 Å². The van der Waals surface area contributed by atoms with Crippen molar-refractivity contribution in [2.24, 2.45) is 0 Å². The van der Waals surface area contributed by atoms with Gasteiger partial charge in [0.25, 0.3) is 0 Å². The number of fused-ring (bicyclic) bond motifs is 1. The maximum atomic E-state index is 4.54. The van der Waals surface area contributed by atoms with Crippen LogP contribution in [-0.2, 0) is 6.42 Å². The number of benzene rings is 1. The molecule has 1 N–H and O–H groups in total. The van der Waals surface area contributed by atoms with Crippen LogP contribution in [0.1, 0.15) is 17.2 Å². The number of para-hydroxylation sites is 1. The zero-order chi connectivity index (χ0) is 13.8. The standard InChI is InChI=1S/C17H17N3/c1-18-16(11-13-5-3-9-19-12-13)15-8-2-6-14-7-4-10-20-17(14)15/h2-10,12,16,18H,11H2,1H3. The molecule has 0 bridgehead atoms. The van der Waals surface area contributed by atoms with Crippen molar-refractivity contribution in [2.75, 3.05) is 7.05 Å². The maximum Gasteiger partial charge on any atom is 0.0749 e. The Bertz CT molecular complexity index is 689. The fourth-order valence-corrected chi connectivity index (χ4v) is 2.53. The molecule has 20 heavy (non-hydrogen) atoms. The Labute approximate surface area is 118 Å². The first-order valence-electron chi connectivity index (χ1n) is 6.78. The van der Waals surface area contributed by atoms with E-state index in [-0.39, 0.29) is 6.04 Å². The van der Waals surface area contributed by atoms with Gasteiger partial charge in [0.1, 0.15) is 0 Å². The van der Waals surface area contributed by atoms with Gasteiger partial charge in [0, 0.05) is 30.0 Å². The Kier molecular flexibility index (Phi) is 3.70. The van der Waals surface area contributed by atoms with E-state index in [1.54, 1.807) is 6.20 Å². The van der Waals surface area contributed by atoms with Crippen molar-refractivity contribution in [2.45, 2.75) is 12.5 Å². The van der Waals surface area contributed by atoms with Crippen LogP contribution in [0.3, 0.4) is 0 Å². The van der Waals surface area contributed by atoms with Crippen LogP contribution in [-0.4, -0.2) is 17.0 Å². The fourth-order valence-electron chi connectivity index (χ4n) is 2.53. The molecule has 3 heteroatoms. The van der Waals surface area contributed by atoms with Crippen LogP contribution in [0.2, 0.25) is 0 Å². The first-order chi connectivity index (χ1) is 9.88. The number of hydrogen-bond donors (Lipinski definition) is 1. The summed E-state index contributed by atoms with van der Waals surface area (Å²) in [6.07, 6.45) is 6.48. The Hall–Kier alpha value is -2.26. The molecule has 1 aromatic carbocycles. The molecule has 3 nitrogen and oxygen atoms in total. The molecule has 0 saturated heterocycles. The molecule has 1 unspecified atom stereocenters. The van der Waals surface area contributed by atoms with Gasteiger partial charge < -0.3 is 5.32 Å². The van der Waals surface area contributed by atoms with Gasteiger partial charge in [-0.25, -0.2) is 0 Å². The zero-order valence-corrected chi connectivity index (χ0v) is 11.5. The Morgan fingerprint density at radius 2 is 1.90 bits per heavy atom. The van der Waals surface area contributed by atoms with E-state index in [0.717, 1.165) is 11.9 Å². The third-order valence-corrected chi connectivity index (χ3v) is 3.55. The van der Waals surface area contributed by atoms with Crippen molar-refractivity contribution in [3.05, 3.63) is 72.2 Å². The summed E-state index contributed by atoms with van der Waals surface area (Å²) in [4.78, 5) is 8.72. The third kappa shape index (κ3) is 2.53. The van der Waals surface area contributed by atoms with Gasteiger partial charge >= 0.3 is 0 Å². The predicted octanol–water partition coefficient (Wildman–Crippen LogP) is 3.13. The molecule has 0 spiro atoms. The van der Waals surface area contributed by atoms with Crippen molar-refractivity contribution in [3.63, 3.8) is 0 Å². The molecule has 0 aliphatic rings. The number of nitrogens with zero attached hydrogens (tertiary/aromatic N) is 2. The third-order valence-electron chi connectivity index (χ3n) is 3.55. The summed E-state index contributed by atoms with van der Waals surface area (Å²) in [7, 11) is 1.99. The lowest BCUT2D eigenvalue weighted by Crippen LogP contribution is -2.19. The highest BCUT2D eigenvalue weighted by Gasteiger charge is 2.13. The molecule has 1 atom stereocenters. The number of aromatic nitrogens is 2. The lowest BCUT2D eigenvalue weighted by molar-refractivity contribution is 0.594. The molecule has 0 amide bonds. The quantitative estimate of drug-likeness (QED) is 0.786. The molecular formula is C17H17N3. The highest BCUT2D eigenvalue weighted by atomic mass is 14.9. The SMILES string of the molecule is CNC(Cc1cccnc1)c1cccc2cccnc12. The van der Waals surface area contributed by atoms with Crippen LogP contribution in [0.25, 0.3) is 10.9 Å². The summed E-state index contributed by atoms with van der Waals surface area (Å²) < 4.78 is 0. The molecule has 0 saturated carbocycles. The molecule has 0 radical (unpaired) electrons. The van der Waals surface area contributed by atoms with E-state index in [2.05, 4.69) is 45.6 Å². The molecule has 0 aliphatic heterocycles. The van der Waals surface area contributed by atoms with Gasteiger partial charge in [-0.1, -0.05) is 30.3 Å². The number of pyridine rings is 2. The van der Waals surface area contributed by atoms with E-state index in [0.29, 0.717) is 0 Å². The largest absolute Gasteiger partial charge is 0.313 e. The second-order valence-corrected chi connectivity index (χ2v) is 4.83. The van der Waals surface area contributed by atoms with Crippen molar-refractivity contribution >= 4 is 10.9 Å². The average molecular weight is 263 g/mol. The molecule has 0 fully saturated rings. The summed E-state index contributed by atoms with van der Waals surface area (Å²) in [6.45, 7) is 0. The molecule has 3 aromatic rings. The smallest absolute Gasteiger partial charge is 0.0749 e. The van der Waals surface area contributed by atoms with Gasteiger partial charge in [-0.3, -0.25) is 9.97 Å². The Morgan fingerprint density at radius 3 is 2.70 bits per heavy atom. The van der Waals surface area contributed by atoms with Crippen LogP contribution < -0.4 is 5.32 Å². The molecule has 100 valence electrons. The van der Waals surface area contributed by atoms with Gasteiger partial charge in [-0.15, -0.1) is 0 Å². The fraction of sp³-hybridized carbons (Fsp3) is 0.176. The topological polar surface area (TPSA) is 37.8 Å². The number of nitrogens with one attached hydrogen (secondary N) is 1. The van der Waals surface area contributed by atoms with E-state index in [1.807, 2.05) is 31.6 Å². The summed E-state index contributed by atoms with van der Waals surface area (Å²) in [5.74, 6) is 0. The van der Waals surface area contributed by atoms with Gasteiger partial charge in [0.05, 0.1) is 5.52 Å². The number of hydrogen-bond acceptors (Lipinski definition) is 3. The lowest BCUT2D eigenvalue weighted by atomic mass is 9.97. The molecule has 2 heterocycles. The predicted molar refractivity (Wildman–Crippen MR) is 81.5 cm³/mol.